The van der Waals surface area contributed by atoms with E-state index in [0.717, 1.165) is 11.1 Å². The molecule has 1 aliphatic carbocycles. The van der Waals surface area contributed by atoms with Gasteiger partial charge in [-0.25, -0.2) is 0 Å². The minimum Gasteiger partial charge on any atom is -0.275 e. The Hall–Kier alpha value is -0.980. The molecule has 0 aromatic heterocycles. The van der Waals surface area contributed by atoms with E-state index in [1.165, 1.54) is 0 Å². The molecule has 0 saturated heterocycles. The predicted molar refractivity (Wildman–Crippen MR) is 67.1 cm³/mol. The van der Waals surface area contributed by atoms with Gasteiger partial charge in [0.05, 0.1) is 23.3 Å². The molecular weight excluding hydrogens is 182 g/mol. The highest BCUT2D eigenvalue weighted by Gasteiger charge is 2.37. The maximum atomic E-state index is 8.26. The highest BCUT2D eigenvalue weighted by molar-refractivity contribution is 6.13. The van der Waals surface area contributed by atoms with Crippen LogP contribution in [0.25, 0.3) is 0 Å². The van der Waals surface area contributed by atoms with Crippen LogP contribution in [0.5, 0.6) is 0 Å². The Kier molecular flexibility index (Phi) is 2.86. The second-order valence-electron chi connectivity index (χ2n) is 6.23. The highest BCUT2D eigenvalue weighted by atomic mass is 14.5. The van der Waals surface area contributed by atoms with Gasteiger partial charge in [-0.2, -0.15) is 0 Å². The van der Waals surface area contributed by atoms with Crippen molar-refractivity contribution in [1.29, 1.82) is 5.41 Å². The first-order valence-corrected chi connectivity index (χ1v) is 5.49. The summed E-state index contributed by atoms with van der Waals surface area (Å²) in [5.74, 6) is 0. The summed E-state index contributed by atoms with van der Waals surface area (Å²) in [4.78, 5) is 0. The standard InChI is InChI=1S/C14H22N/c1-13(2,3)10-8-7-9-11(12(10)15)14(4,5)6/h7-9,15H,1-6H3/q+1. The van der Waals surface area contributed by atoms with Gasteiger partial charge in [-0.15, -0.1) is 0 Å². The molecule has 15 heavy (non-hydrogen) atoms. The molecule has 0 aromatic rings. The Morgan fingerprint density at radius 2 is 1.20 bits per heavy atom. The monoisotopic (exact) mass is 204 g/mol. The summed E-state index contributed by atoms with van der Waals surface area (Å²) in [6.07, 6.45) is 6.20. The molecule has 0 spiro atoms. The molecule has 0 saturated carbocycles. The van der Waals surface area contributed by atoms with Gasteiger partial charge in [0.2, 0.25) is 0 Å². The van der Waals surface area contributed by atoms with Crippen LogP contribution in [-0.4, -0.2) is 5.71 Å². The van der Waals surface area contributed by atoms with Gasteiger partial charge in [0.15, 0.2) is 5.71 Å². The largest absolute Gasteiger partial charge is 0.275 e. The Balaban J connectivity index is 3.05. The first-order chi connectivity index (χ1) is 6.64. The summed E-state index contributed by atoms with van der Waals surface area (Å²) in [6.45, 7) is 13.0. The minimum atomic E-state index is 0.0539. The fraction of sp³-hybridized carbons (Fsp3) is 0.571. The van der Waals surface area contributed by atoms with Gasteiger partial charge in [-0.3, -0.25) is 5.41 Å². The molecule has 0 atom stereocenters. The molecule has 0 radical (unpaired) electrons. The summed E-state index contributed by atoms with van der Waals surface area (Å²) in [5.41, 5.74) is 3.08. The van der Waals surface area contributed by atoms with Crippen molar-refractivity contribution in [1.82, 2.24) is 0 Å². The maximum absolute atomic E-state index is 8.26. The number of hydrogen-bond acceptors (Lipinski definition) is 1. The van der Waals surface area contributed by atoms with Crippen LogP contribution < -0.4 is 0 Å². The molecule has 0 aliphatic heterocycles. The van der Waals surface area contributed by atoms with Crippen molar-refractivity contribution in [3.05, 3.63) is 29.7 Å². The smallest absolute Gasteiger partial charge is 0.172 e. The minimum absolute atomic E-state index is 0.0539. The SMILES string of the molecule is CC(C)(C)C1=C[CH+]C=C(C(C)(C)C)C1=N. The molecule has 0 amide bonds. The highest BCUT2D eigenvalue weighted by Crippen LogP contribution is 2.37. The van der Waals surface area contributed by atoms with Crippen LogP contribution in [0.4, 0.5) is 0 Å². The number of allylic oxidation sites excluding steroid dienone is 4. The van der Waals surface area contributed by atoms with E-state index >= 15 is 0 Å². The van der Waals surface area contributed by atoms with Crippen LogP contribution >= 0.6 is 0 Å². The van der Waals surface area contributed by atoms with Gasteiger partial charge in [-0.05, 0) is 41.5 Å². The van der Waals surface area contributed by atoms with Gasteiger partial charge in [0, 0.05) is 17.3 Å². The molecule has 0 bridgehead atoms. The topological polar surface area (TPSA) is 23.9 Å². The van der Waals surface area contributed by atoms with Crippen molar-refractivity contribution in [3.63, 3.8) is 0 Å². The molecule has 1 aliphatic rings. The van der Waals surface area contributed by atoms with Gasteiger partial charge < -0.3 is 0 Å². The average molecular weight is 204 g/mol. The average Bonchev–Trinajstić information content (AvgIpc) is 1.99. The van der Waals surface area contributed by atoms with E-state index < -0.39 is 0 Å². The first kappa shape index (κ1) is 12.1. The van der Waals surface area contributed by atoms with E-state index in [1.54, 1.807) is 0 Å². The van der Waals surface area contributed by atoms with Crippen LogP contribution in [0, 0.1) is 22.7 Å². The predicted octanol–water partition coefficient (Wildman–Crippen LogP) is 4.17. The van der Waals surface area contributed by atoms with E-state index in [2.05, 4.69) is 60.1 Å². The Morgan fingerprint density at radius 3 is 1.47 bits per heavy atom. The molecule has 1 nitrogen and oxygen atoms in total. The number of hydrogen-bond donors (Lipinski definition) is 1. The van der Waals surface area contributed by atoms with E-state index in [9.17, 15) is 0 Å². The lowest BCUT2D eigenvalue weighted by atomic mass is 9.72. The van der Waals surface area contributed by atoms with Crippen LogP contribution in [0.3, 0.4) is 0 Å². The van der Waals surface area contributed by atoms with E-state index in [0.29, 0.717) is 5.71 Å². The molecule has 0 unspecified atom stereocenters. The maximum Gasteiger partial charge on any atom is 0.172 e. The van der Waals surface area contributed by atoms with Crippen LogP contribution in [0.2, 0.25) is 0 Å². The third-order valence-electron chi connectivity index (χ3n) is 2.68. The first-order valence-electron chi connectivity index (χ1n) is 5.49. The second-order valence-corrected chi connectivity index (χ2v) is 6.23. The van der Waals surface area contributed by atoms with Gasteiger partial charge in [-0.1, -0.05) is 0 Å². The molecule has 1 heteroatoms. The van der Waals surface area contributed by atoms with Crippen molar-refractivity contribution in [2.24, 2.45) is 10.8 Å². The summed E-state index contributed by atoms with van der Waals surface area (Å²) in [6, 6.07) is 0. The van der Waals surface area contributed by atoms with E-state index in [4.69, 9.17) is 5.41 Å². The molecule has 1 N–H and O–H groups in total. The van der Waals surface area contributed by atoms with Gasteiger partial charge in [0.1, 0.15) is 0 Å². The molecule has 1 rings (SSSR count). The third-order valence-corrected chi connectivity index (χ3v) is 2.68. The Labute approximate surface area is 93.8 Å². The number of nitrogens with one attached hydrogen (secondary N) is 1. The molecule has 0 fully saturated rings. The summed E-state index contributed by atoms with van der Waals surface area (Å²) < 4.78 is 0. The van der Waals surface area contributed by atoms with Crippen LogP contribution in [-0.2, 0) is 0 Å². The van der Waals surface area contributed by atoms with Crippen LogP contribution in [0.15, 0.2) is 23.3 Å². The molecular formula is C14H22N+. The lowest BCUT2D eigenvalue weighted by molar-refractivity contribution is 0.503. The summed E-state index contributed by atoms with van der Waals surface area (Å²) in [5, 5.41) is 8.26. The number of rotatable bonds is 0. The zero-order valence-electron chi connectivity index (χ0n) is 10.7. The Morgan fingerprint density at radius 1 is 0.867 bits per heavy atom. The van der Waals surface area contributed by atoms with Crippen molar-refractivity contribution < 1.29 is 0 Å². The van der Waals surface area contributed by atoms with Crippen LogP contribution in [0.1, 0.15) is 41.5 Å². The fourth-order valence-corrected chi connectivity index (χ4v) is 1.80. The van der Waals surface area contributed by atoms with Crippen molar-refractivity contribution in [2.45, 2.75) is 41.5 Å². The van der Waals surface area contributed by atoms with Crippen molar-refractivity contribution >= 4 is 5.71 Å². The van der Waals surface area contributed by atoms with Gasteiger partial charge in [0.25, 0.3) is 0 Å². The molecule has 0 heterocycles. The normalized spacial score (nSPS) is 18.1. The van der Waals surface area contributed by atoms with Crippen molar-refractivity contribution in [2.75, 3.05) is 0 Å². The second kappa shape index (κ2) is 3.55. The zero-order valence-corrected chi connectivity index (χ0v) is 10.7. The third kappa shape index (κ3) is 2.53. The molecule has 82 valence electrons. The van der Waals surface area contributed by atoms with E-state index in [1.807, 2.05) is 0 Å². The van der Waals surface area contributed by atoms with Gasteiger partial charge >= 0.3 is 0 Å². The lowest BCUT2D eigenvalue weighted by Gasteiger charge is -2.25. The summed E-state index contributed by atoms with van der Waals surface area (Å²) in [7, 11) is 0. The zero-order chi connectivity index (χ0) is 11.9. The summed E-state index contributed by atoms with van der Waals surface area (Å²) >= 11 is 0. The van der Waals surface area contributed by atoms with Crippen molar-refractivity contribution in [3.8, 4) is 0 Å². The Bertz CT molecular complexity index is 297. The lowest BCUT2D eigenvalue weighted by Crippen LogP contribution is -2.27. The quantitative estimate of drug-likeness (QED) is 0.573. The molecule has 0 aromatic carbocycles. The van der Waals surface area contributed by atoms with E-state index in [-0.39, 0.29) is 10.8 Å². The fourth-order valence-electron chi connectivity index (χ4n) is 1.80.